The van der Waals surface area contributed by atoms with Gasteiger partial charge in [0.25, 0.3) is 5.91 Å². The molecule has 0 aromatic heterocycles. The molecule has 3 N–H and O–H groups in total. The van der Waals surface area contributed by atoms with Gasteiger partial charge >= 0.3 is 0 Å². The zero-order valence-electron chi connectivity index (χ0n) is 10.2. The molecule has 0 aliphatic rings. The molecule has 98 valence electrons. The average molecular weight is 323 g/mol. The highest BCUT2D eigenvalue weighted by Gasteiger charge is 2.13. The Balaban J connectivity index is 2.28. The van der Waals surface area contributed by atoms with Crippen LogP contribution in [0.1, 0.15) is 15.9 Å². The maximum absolute atomic E-state index is 13.6. The van der Waals surface area contributed by atoms with E-state index < -0.39 is 11.7 Å². The molecule has 3 nitrogen and oxygen atoms in total. The third kappa shape index (κ3) is 2.93. The topological polar surface area (TPSA) is 55.1 Å². The van der Waals surface area contributed by atoms with Gasteiger partial charge in [-0.1, -0.05) is 22.0 Å². The minimum atomic E-state index is -0.634. The normalized spacial score (nSPS) is 10.3. The van der Waals surface area contributed by atoms with Crippen LogP contribution in [-0.2, 0) is 0 Å². The van der Waals surface area contributed by atoms with Crippen molar-refractivity contribution in [1.29, 1.82) is 0 Å². The molecular weight excluding hydrogens is 311 g/mol. The monoisotopic (exact) mass is 322 g/mol. The Morgan fingerprint density at radius 3 is 2.74 bits per heavy atom. The van der Waals surface area contributed by atoms with Crippen LogP contribution in [0.2, 0.25) is 0 Å². The van der Waals surface area contributed by atoms with E-state index in [2.05, 4.69) is 21.2 Å². The molecule has 0 atom stereocenters. The van der Waals surface area contributed by atoms with Crippen LogP contribution in [0, 0.1) is 12.7 Å². The highest BCUT2D eigenvalue weighted by molar-refractivity contribution is 9.10. The molecule has 0 heterocycles. The van der Waals surface area contributed by atoms with Crippen LogP contribution in [0.25, 0.3) is 0 Å². The van der Waals surface area contributed by atoms with E-state index >= 15 is 0 Å². The average Bonchev–Trinajstić information content (AvgIpc) is 2.34. The number of benzene rings is 2. The van der Waals surface area contributed by atoms with Gasteiger partial charge in [-0.2, -0.15) is 0 Å². The quantitative estimate of drug-likeness (QED) is 0.828. The fourth-order valence-electron chi connectivity index (χ4n) is 1.65. The van der Waals surface area contributed by atoms with Gasteiger partial charge in [0.1, 0.15) is 5.82 Å². The zero-order valence-corrected chi connectivity index (χ0v) is 11.8. The van der Waals surface area contributed by atoms with Crippen LogP contribution >= 0.6 is 15.9 Å². The van der Waals surface area contributed by atoms with Crippen LogP contribution in [0.3, 0.4) is 0 Å². The summed E-state index contributed by atoms with van der Waals surface area (Å²) in [6.07, 6.45) is 0. The van der Waals surface area contributed by atoms with E-state index in [1.807, 2.05) is 13.0 Å². The fraction of sp³-hybridized carbons (Fsp3) is 0.0714. The Hall–Kier alpha value is -1.88. The number of carbonyl (C=O) groups is 1. The second kappa shape index (κ2) is 5.40. The summed E-state index contributed by atoms with van der Waals surface area (Å²) in [7, 11) is 0. The molecule has 0 radical (unpaired) electrons. The summed E-state index contributed by atoms with van der Waals surface area (Å²) >= 11 is 3.37. The smallest absolute Gasteiger partial charge is 0.258 e. The number of amides is 1. The number of halogens is 2. The van der Waals surface area contributed by atoms with E-state index in [1.54, 1.807) is 12.1 Å². The fourth-order valence-corrected chi connectivity index (χ4v) is 2.01. The van der Waals surface area contributed by atoms with Crippen molar-refractivity contribution in [1.82, 2.24) is 0 Å². The second-order valence-electron chi connectivity index (χ2n) is 4.11. The first-order valence-corrected chi connectivity index (χ1v) is 6.40. The highest BCUT2D eigenvalue weighted by atomic mass is 79.9. The summed E-state index contributed by atoms with van der Waals surface area (Å²) in [4.78, 5) is 12.0. The van der Waals surface area contributed by atoms with Crippen molar-refractivity contribution in [2.45, 2.75) is 6.92 Å². The first-order valence-electron chi connectivity index (χ1n) is 5.60. The number of nitrogen functional groups attached to an aromatic ring is 1. The third-order valence-corrected chi connectivity index (χ3v) is 3.61. The van der Waals surface area contributed by atoms with Crippen LogP contribution in [0.4, 0.5) is 15.8 Å². The molecule has 0 aliphatic heterocycles. The predicted molar refractivity (Wildman–Crippen MR) is 77.6 cm³/mol. The number of hydrogen-bond donors (Lipinski definition) is 2. The standard InChI is InChI=1S/C14H12BrFN2O/c1-8-11(15)3-2-4-13(8)18-14(19)10-6-5-9(17)7-12(10)16/h2-7H,17H2,1H3,(H,18,19). The third-order valence-electron chi connectivity index (χ3n) is 2.75. The number of anilines is 2. The van der Waals surface area contributed by atoms with Crippen LogP contribution in [-0.4, -0.2) is 5.91 Å². The van der Waals surface area contributed by atoms with E-state index in [1.165, 1.54) is 12.1 Å². The Morgan fingerprint density at radius 1 is 1.32 bits per heavy atom. The van der Waals surface area contributed by atoms with Gasteiger partial charge in [0, 0.05) is 15.8 Å². The maximum atomic E-state index is 13.6. The lowest BCUT2D eigenvalue weighted by molar-refractivity contribution is 0.102. The molecule has 1 amide bonds. The molecule has 19 heavy (non-hydrogen) atoms. The van der Waals surface area contributed by atoms with Crippen molar-refractivity contribution in [2.75, 3.05) is 11.1 Å². The second-order valence-corrected chi connectivity index (χ2v) is 4.96. The van der Waals surface area contributed by atoms with Crippen LogP contribution < -0.4 is 11.1 Å². The van der Waals surface area contributed by atoms with Crippen molar-refractivity contribution in [3.63, 3.8) is 0 Å². The summed E-state index contributed by atoms with van der Waals surface area (Å²) < 4.78 is 14.5. The molecule has 0 saturated heterocycles. The first kappa shape index (κ1) is 13.5. The molecule has 2 rings (SSSR count). The van der Waals surface area contributed by atoms with Gasteiger partial charge in [-0.3, -0.25) is 4.79 Å². The summed E-state index contributed by atoms with van der Waals surface area (Å²) in [5.74, 6) is -1.14. The van der Waals surface area contributed by atoms with E-state index in [9.17, 15) is 9.18 Å². The number of nitrogens with two attached hydrogens (primary N) is 1. The summed E-state index contributed by atoms with van der Waals surface area (Å²) in [5.41, 5.74) is 7.21. The van der Waals surface area contributed by atoms with Crippen molar-refractivity contribution in [2.24, 2.45) is 0 Å². The molecule has 5 heteroatoms. The SMILES string of the molecule is Cc1c(Br)cccc1NC(=O)c1ccc(N)cc1F. The Bertz CT molecular complexity index is 643. The zero-order chi connectivity index (χ0) is 14.0. The van der Waals surface area contributed by atoms with Gasteiger partial charge in [0.2, 0.25) is 0 Å². The molecule has 0 saturated carbocycles. The molecule has 0 unspecified atom stereocenters. The Kier molecular flexibility index (Phi) is 3.85. The van der Waals surface area contributed by atoms with Crippen molar-refractivity contribution < 1.29 is 9.18 Å². The molecule has 0 bridgehead atoms. The van der Waals surface area contributed by atoms with Gasteiger partial charge in [0.05, 0.1) is 5.56 Å². The lowest BCUT2D eigenvalue weighted by atomic mass is 10.1. The molecule has 0 aliphatic carbocycles. The maximum Gasteiger partial charge on any atom is 0.258 e. The van der Waals surface area contributed by atoms with E-state index in [0.717, 1.165) is 16.1 Å². The summed E-state index contributed by atoms with van der Waals surface area (Å²) in [6.45, 7) is 1.86. The van der Waals surface area contributed by atoms with Crippen LogP contribution in [0.5, 0.6) is 0 Å². The minimum Gasteiger partial charge on any atom is -0.399 e. The van der Waals surface area contributed by atoms with Gasteiger partial charge in [-0.15, -0.1) is 0 Å². The Morgan fingerprint density at radius 2 is 2.05 bits per heavy atom. The summed E-state index contributed by atoms with van der Waals surface area (Å²) in [5, 5.41) is 2.68. The van der Waals surface area contributed by atoms with E-state index in [-0.39, 0.29) is 11.3 Å². The van der Waals surface area contributed by atoms with Crippen molar-refractivity contribution in [3.8, 4) is 0 Å². The Labute approximate surface area is 118 Å². The predicted octanol–water partition coefficient (Wildman–Crippen LogP) is 3.73. The highest BCUT2D eigenvalue weighted by Crippen LogP contribution is 2.24. The largest absolute Gasteiger partial charge is 0.399 e. The molecule has 0 spiro atoms. The van der Waals surface area contributed by atoms with E-state index in [4.69, 9.17) is 5.73 Å². The molecule has 2 aromatic rings. The van der Waals surface area contributed by atoms with Crippen molar-refractivity contribution >= 4 is 33.2 Å². The number of carbonyl (C=O) groups excluding carboxylic acids is 1. The number of rotatable bonds is 2. The molecular formula is C14H12BrFN2O. The lowest BCUT2D eigenvalue weighted by Crippen LogP contribution is -2.14. The number of hydrogen-bond acceptors (Lipinski definition) is 2. The van der Waals surface area contributed by atoms with Gasteiger partial charge in [0.15, 0.2) is 0 Å². The molecule has 0 fully saturated rings. The van der Waals surface area contributed by atoms with Gasteiger partial charge < -0.3 is 11.1 Å². The van der Waals surface area contributed by atoms with Gasteiger partial charge in [-0.25, -0.2) is 4.39 Å². The first-order chi connectivity index (χ1) is 8.99. The van der Waals surface area contributed by atoms with Crippen LogP contribution in [0.15, 0.2) is 40.9 Å². The lowest BCUT2D eigenvalue weighted by Gasteiger charge is -2.10. The van der Waals surface area contributed by atoms with Crippen molar-refractivity contribution in [3.05, 3.63) is 57.8 Å². The van der Waals surface area contributed by atoms with Gasteiger partial charge in [-0.05, 0) is 42.8 Å². The number of nitrogens with one attached hydrogen (secondary N) is 1. The molecule has 2 aromatic carbocycles. The summed E-state index contributed by atoms with van der Waals surface area (Å²) in [6, 6.07) is 9.41. The van der Waals surface area contributed by atoms with E-state index in [0.29, 0.717) is 5.69 Å². The minimum absolute atomic E-state index is 0.0337.